The maximum Gasteiger partial charge on any atom is 0.319 e. The van der Waals surface area contributed by atoms with Crippen LogP contribution in [0.3, 0.4) is 0 Å². The Morgan fingerprint density at radius 1 is 1.25 bits per heavy atom. The standard InChI is InChI=1S/C15H16N2O2S/c18-15(17-14-6-3-7-20-14)16-9-13-8-11-4-1-2-5-12(11)10-19-13/h1-7,13H,8-10H2,(H2,16,17,18)/t13-/m1/s1. The van der Waals surface area contributed by atoms with Crippen molar-refractivity contribution in [2.75, 3.05) is 11.9 Å². The van der Waals surface area contributed by atoms with Crippen LogP contribution in [0.2, 0.25) is 0 Å². The molecule has 1 atom stereocenters. The van der Waals surface area contributed by atoms with Crippen LogP contribution in [-0.2, 0) is 17.8 Å². The summed E-state index contributed by atoms with van der Waals surface area (Å²) in [6.45, 7) is 1.14. The molecule has 2 heterocycles. The lowest BCUT2D eigenvalue weighted by Gasteiger charge is -2.25. The fourth-order valence-corrected chi connectivity index (χ4v) is 2.87. The molecule has 0 saturated carbocycles. The summed E-state index contributed by atoms with van der Waals surface area (Å²) in [6.07, 6.45) is 0.883. The van der Waals surface area contributed by atoms with Gasteiger partial charge in [-0.1, -0.05) is 24.3 Å². The Balaban J connectivity index is 1.49. The first-order chi connectivity index (χ1) is 9.81. The molecule has 1 aromatic heterocycles. The van der Waals surface area contributed by atoms with Gasteiger partial charge in [-0.15, -0.1) is 11.3 Å². The SMILES string of the molecule is O=C(NC[C@H]1Cc2ccccc2CO1)Nc1cccs1. The number of fused-ring (bicyclic) bond motifs is 1. The Morgan fingerprint density at radius 2 is 2.10 bits per heavy atom. The van der Waals surface area contributed by atoms with Crippen molar-refractivity contribution >= 4 is 22.4 Å². The second kappa shape index (κ2) is 6.07. The Morgan fingerprint density at radius 3 is 2.90 bits per heavy atom. The lowest BCUT2D eigenvalue weighted by molar-refractivity contribution is 0.0308. The maximum atomic E-state index is 11.7. The summed E-state index contributed by atoms with van der Waals surface area (Å²) in [5, 5.41) is 8.42. The highest BCUT2D eigenvalue weighted by molar-refractivity contribution is 7.14. The third-order valence-corrected chi connectivity index (χ3v) is 4.07. The van der Waals surface area contributed by atoms with Gasteiger partial charge in [-0.2, -0.15) is 0 Å². The first kappa shape index (κ1) is 13.1. The number of carbonyl (C=O) groups is 1. The molecule has 104 valence electrons. The monoisotopic (exact) mass is 288 g/mol. The molecule has 5 heteroatoms. The minimum Gasteiger partial charge on any atom is -0.371 e. The van der Waals surface area contributed by atoms with Crippen molar-refractivity contribution in [1.29, 1.82) is 0 Å². The second-order valence-electron chi connectivity index (χ2n) is 4.72. The number of amides is 2. The molecule has 0 fully saturated rings. The van der Waals surface area contributed by atoms with Crippen LogP contribution in [0, 0.1) is 0 Å². The fourth-order valence-electron chi connectivity index (χ4n) is 2.25. The number of anilines is 1. The van der Waals surface area contributed by atoms with E-state index in [1.165, 1.54) is 22.5 Å². The molecule has 0 unspecified atom stereocenters. The maximum absolute atomic E-state index is 11.7. The van der Waals surface area contributed by atoms with E-state index in [1.807, 2.05) is 29.6 Å². The Bertz CT molecular complexity index is 583. The number of thiophene rings is 1. The number of hydrogen-bond donors (Lipinski definition) is 2. The van der Waals surface area contributed by atoms with Gasteiger partial charge < -0.3 is 10.1 Å². The molecule has 0 bridgehead atoms. The first-order valence-corrected chi connectivity index (χ1v) is 7.46. The Labute approximate surface area is 121 Å². The fraction of sp³-hybridized carbons (Fsp3) is 0.267. The highest BCUT2D eigenvalue weighted by Crippen LogP contribution is 2.20. The van der Waals surface area contributed by atoms with E-state index in [2.05, 4.69) is 22.8 Å². The lowest BCUT2D eigenvalue weighted by Crippen LogP contribution is -2.38. The molecule has 2 aromatic rings. The topological polar surface area (TPSA) is 50.4 Å². The van der Waals surface area contributed by atoms with Gasteiger partial charge in [0.05, 0.1) is 17.7 Å². The second-order valence-corrected chi connectivity index (χ2v) is 5.67. The van der Waals surface area contributed by atoms with Crippen molar-refractivity contribution in [2.45, 2.75) is 19.1 Å². The van der Waals surface area contributed by atoms with Gasteiger partial charge in [0.15, 0.2) is 0 Å². The number of ether oxygens (including phenoxy) is 1. The molecule has 0 saturated heterocycles. The van der Waals surface area contributed by atoms with E-state index in [-0.39, 0.29) is 12.1 Å². The van der Waals surface area contributed by atoms with E-state index in [9.17, 15) is 4.79 Å². The number of carbonyl (C=O) groups excluding carboxylic acids is 1. The number of nitrogens with one attached hydrogen (secondary N) is 2. The van der Waals surface area contributed by atoms with Crippen LogP contribution in [0.15, 0.2) is 41.8 Å². The Hall–Kier alpha value is -1.85. The summed E-state index contributed by atoms with van der Waals surface area (Å²) >= 11 is 1.50. The third kappa shape index (κ3) is 3.18. The van der Waals surface area contributed by atoms with Crippen molar-refractivity contribution in [3.05, 3.63) is 52.9 Å². The van der Waals surface area contributed by atoms with Gasteiger partial charge in [0, 0.05) is 13.0 Å². The Kier molecular flexibility index (Phi) is 3.99. The normalized spacial score (nSPS) is 17.3. The molecule has 0 radical (unpaired) electrons. The summed E-state index contributed by atoms with van der Waals surface area (Å²) < 4.78 is 5.75. The predicted octanol–water partition coefficient (Wildman–Crippen LogP) is 3.01. The lowest BCUT2D eigenvalue weighted by atomic mass is 9.99. The zero-order valence-electron chi connectivity index (χ0n) is 11.0. The van der Waals surface area contributed by atoms with Crippen LogP contribution >= 0.6 is 11.3 Å². The zero-order valence-corrected chi connectivity index (χ0v) is 11.8. The van der Waals surface area contributed by atoms with E-state index >= 15 is 0 Å². The zero-order chi connectivity index (χ0) is 13.8. The van der Waals surface area contributed by atoms with Crippen LogP contribution in [-0.4, -0.2) is 18.7 Å². The van der Waals surface area contributed by atoms with Crippen molar-refractivity contribution in [3.63, 3.8) is 0 Å². The van der Waals surface area contributed by atoms with Crippen LogP contribution in [0.1, 0.15) is 11.1 Å². The minimum absolute atomic E-state index is 0.0407. The van der Waals surface area contributed by atoms with E-state index in [4.69, 9.17) is 4.74 Å². The van der Waals surface area contributed by atoms with Crippen LogP contribution in [0.4, 0.5) is 9.80 Å². The van der Waals surface area contributed by atoms with Gasteiger partial charge in [-0.05, 0) is 28.6 Å². The van der Waals surface area contributed by atoms with Crippen molar-refractivity contribution in [3.8, 4) is 0 Å². The molecule has 0 spiro atoms. The smallest absolute Gasteiger partial charge is 0.319 e. The number of urea groups is 1. The van der Waals surface area contributed by atoms with E-state index in [0.29, 0.717) is 13.2 Å². The average molecular weight is 288 g/mol. The molecular weight excluding hydrogens is 272 g/mol. The molecule has 1 aromatic carbocycles. The van der Waals surface area contributed by atoms with Crippen molar-refractivity contribution in [1.82, 2.24) is 5.32 Å². The van der Waals surface area contributed by atoms with Gasteiger partial charge in [0.2, 0.25) is 0 Å². The predicted molar refractivity (Wildman–Crippen MR) is 80.1 cm³/mol. The third-order valence-electron chi connectivity index (χ3n) is 3.29. The van der Waals surface area contributed by atoms with Crippen LogP contribution in [0.25, 0.3) is 0 Å². The van der Waals surface area contributed by atoms with Crippen molar-refractivity contribution in [2.24, 2.45) is 0 Å². The van der Waals surface area contributed by atoms with E-state index < -0.39 is 0 Å². The average Bonchev–Trinajstić information content (AvgIpc) is 2.98. The van der Waals surface area contributed by atoms with Crippen LogP contribution in [0.5, 0.6) is 0 Å². The molecule has 3 rings (SSSR count). The summed E-state index contributed by atoms with van der Waals surface area (Å²) in [6, 6.07) is 11.9. The summed E-state index contributed by atoms with van der Waals surface area (Å²) in [5.74, 6) is 0. The van der Waals surface area contributed by atoms with E-state index in [0.717, 1.165) is 11.4 Å². The summed E-state index contributed by atoms with van der Waals surface area (Å²) in [5.41, 5.74) is 2.55. The minimum atomic E-state index is -0.185. The first-order valence-electron chi connectivity index (χ1n) is 6.58. The molecule has 1 aliphatic rings. The number of benzene rings is 1. The van der Waals surface area contributed by atoms with E-state index in [1.54, 1.807) is 0 Å². The molecule has 20 heavy (non-hydrogen) atoms. The quantitative estimate of drug-likeness (QED) is 0.912. The van der Waals surface area contributed by atoms with Gasteiger partial charge >= 0.3 is 6.03 Å². The molecular formula is C15H16N2O2S. The van der Waals surface area contributed by atoms with Crippen molar-refractivity contribution < 1.29 is 9.53 Å². The number of hydrogen-bond acceptors (Lipinski definition) is 3. The number of rotatable bonds is 3. The molecule has 4 nitrogen and oxygen atoms in total. The van der Waals surface area contributed by atoms with Gasteiger partial charge in [-0.25, -0.2) is 4.79 Å². The molecule has 2 amide bonds. The van der Waals surface area contributed by atoms with Gasteiger partial charge in [-0.3, -0.25) is 5.32 Å². The van der Waals surface area contributed by atoms with Crippen LogP contribution < -0.4 is 10.6 Å². The molecule has 1 aliphatic heterocycles. The summed E-state index contributed by atoms with van der Waals surface area (Å²) in [7, 11) is 0. The largest absolute Gasteiger partial charge is 0.371 e. The summed E-state index contributed by atoms with van der Waals surface area (Å²) in [4.78, 5) is 11.7. The van der Waals surface area contributed by atoms with Gasteiger partial charge in [0.25, 0.3) is 0 Å². The highest BCUT2D eigenvalue weighted by atomic mass is 32.1. The molecule has 2 N–H and O–H groups in total. The highest BCUT2D eigenvalue weighted by Gasteiger charge is 2.19. The van der Waals surface area contributed by atoms with Gasteiger partial charge in [0.1, 0.15) is 0 Å². The molecule has 0 aliphatic carbocycles.